The number of nitrogen functional groups attached to an aromatic ring is 1. The fraction of sp³-hybridized carbons (Fsp3) is 0.0588. The Morgan fingerprint density at radius 3 is 2.86 bits per heavy atom. The maximum absolute atomic E-state index is 9.11. The highest BCUT2D eigenvalue weighted by Crippen LogP contribution is 2.23. The van der Waals surface area contributed by atoms with Crippen molar-refractivity contribution in [2.24, 2.45) is 0 Å². The van der Waals surface area contributed by atoms with Crippen LogP contribution in [0.5, 0.6) is 5.75 Å². The van der Waals surface area contributed by atoms with Crippen molar-refractivity contribution in [3.8, 4) is 11.8 Å². The van der Waals surface area contributed by atoms with Crippen LogP contribution < -0.4 is 10.5 Å². The second-order valence-corrected chi connectivity index (χ2v) is 4.65. The van der Waals surface area contributed by atoms with Crippen LogP contribution in [0, 0.1) is 11.3 Å². The van der Waals surface area contributed by atoms with Gasteiger partial charge in [0.1, 0.15) is 18.4 Å². The van der Waals surface area contributed by atoms with Crippen LogP contribution >= 0.6 is 0 Å². The third kappa shape index (κ3) is 2.63. The number of fused-ring (bicyclic) bond motifs is 1. The van der Waals surface area contributed by atoms with Crippen molar-refractivity contribution < 1.29 is 4.74 Å². The number of aromatic nitrogens is 1. The summed E-state index contributed by atoms with van der Waals surface area (Å²) >= 11 is 0. The third-order valence-electron chi connectivity index (χ3n) is 3.22. The van der Waals surface area contributed by atoms with Crippen molar-refractivity contribution in [2.75, 3.05) is 5.73 Å². The second-order valence-electron chi connectivity index (χ2n) is 4.65. The number of rotatable bonds is 3. The summed E-state index contributed by atoms with van der Waals surface area (Å²) in [4.78, 5) is 4.39. The first-order chi connectivity index (χ1) is 10.3. The molecular formula is C17H13N3O. The SMILES string of the molecule is N#Cc1cc(N)ccc1OCc1cccc2cccnc12. The highest BCUT2D eigenvalue weighted by molar-refractivity contribution is 5.81. The molecule has 0 aliphatic rings. The standard InChI is InChI=1S/C17H13N3O/c18-10-14-9-15(19)6-7-16(14)21-11-13-4-1-3-12-5-2-8-20-17(12)13/h1-9H,11,19H2. The van der Waals surface area contributed by atoms with Crippen molar-refractivity contribution in [1.29, 1.82) is 5.26 Å². The molecule has 0 saturated carbocycles. The Balaban J connectivity index is 1.89. The van der Waals surface area contributed by atoms with Gasteiger partial charge in [0.15, 0.2) is 0 Å². The fourth-order valence-electron chi connectivity index (χ4n) is 2.20. The van der Waals surface area contributed by atoms with E-state index in [-0.39, 0.29) is 0 Å². The first-order valence-electron chi connectivity index (χ1n) is 6.53. The lowest BCUT2D eigenvalue weighted by molar-refractivity contribution is 0.306. The lowest BCUT2D eigenvalue weighted by atomic mass is 10.1. The lowest BCUT2D eigenvalue weighted by Crippen LogP contribution is -1.99. The van der Waals surface area contributed by atoms with Gasteiger partial charge in [0.25, 0.3) is 0 Å². The van der Waals surface area contributed by atoms with Gasteiger partial charge in [-0.15, -0.1) is 0 Å². The molecule has 0 atom stereocenters. The number of pyridine rings is 1. The van der Waals surface area contributed by atoms with Crippen molar-refractivity contribution >= 4 is 16.6 Å². The number of ether oxygens (including phenoxy) is 1. The van der Waals surface area contributed by atoms with Crippen molar-refractivity contribution in [3.05, 3.63) is 65.9 Å². The van der Waals surface area contributed by atoms with Crippen molar-refractivity contribution in [2.45, 2.75) is 6.61 Å². The molecular weight excluding hydrogens is 262 g/mol. The van der Waals surface area contributed by atoms with Crippen LogP contribution in [-0.4, -0.2) is 4.98 Å². The molecule has 0 bridgehead atoms. The van der Waals surface area contributed by atoms with E-state index >= 15 is 0 Å². The molecule has 21 heavy (non-hydrogen) atoms. The molecule has 0 spiro atoms. The van der Waals surface area contributed by atoms with Crippen LogP contribution in [0.2, 0.25) is 0 Å². The lowest BCUT2D eigenvalue weighted by Gasteiger charge is -2.10. The van der Waals surface area contributed by atoms with E-state index in [9.17, 15) is 0 Å². The first-order valence-corrected chi connectivity index (χ1v) is 6.53. The van der Waals surface area contributed by atoms with Gasteiger partial charge in [-0.3, -0.25) is 4.98 Å². The molecule has 4 nitrogen and oxygen atoms in total. The Bertz CT molecular complexity index is 832. The smallest absolute Gasteiger partial charge is 0.137 e. The zero-order valence-electron chi connectivity index (χ0n) is 11.3. The van der Waals surface area contributed by atoms with Gasteiger partial charge in [0.2, 0.25) is 0 Å². The zero-order valence-corrected chi connectivity index (χ0v) is 11.3. The second kappa shape index (κ2) is 5.51. The fourth-order valence-corrected chi connectivity index (χ4v) is 2.20. The van der Waals surface area contributed by atoms with Gasteiger partial charge < -0.3 is 10.5 Å². The van der Waals surface area contributed by atoms with E-state index in [0.717, 1.165) is 16.5 Å². The summed E-state index contributed by atoms with van der Waals surface area (Å²) in [5.74, 6) is 0.527. The minimum atomic E-state index is 0.354. The predicted molar refractivity (Wildman–Crippen MR) is 81.6 cm³/mol. The molecule has 1 heterocycles. The van der Waals surface area contributed by atoms with Gasteiger partial charge >= 0.3 is 0 Å². The van der Waals surface area contributed by atoms with Gasteiger partial charge in [-0.25, -0.2) is 0 Å². The van der Waals surface area contributed by atoms with Gasteiger partial charge in [-0.05, 0) is 24.3 Å². The molecule has 2 N–H and O–H groups in total. The number of benzene rings is 2. The van der Waals surface area contributed by atoms with E-state index in [4.69, 9.17) is 15.7 Å². The highest BCUT2D eigenvalue weighted by Gasteiger charge is 2.06. The predicted octanol–water partition coefficient (Wildman–Crippen LogP) is 3.27. The van der Waals surface area contributed by atoms with E-state index in [1.165, 1.54) is 0 Å². The van der Waals surface area contributed by atoms with Gasteiger partial charge in [-0.2, -0.15) is 5.26 Å². The van der Waals surface area contributed by atoms with E-state index in [1.54, 1.807) is 24.4 Å². The first kappa shape index (κ1) is 12.9. The molecule has 3 rings (SSSR count). The molecule has 0 aliphatic carbocycles. The molecule has 1 aromatic heterocycles. The number of anilines is 1. The molecule has 2 aromatic carbocycles. The molecule has 0 saturated heterocycles. The minimum Gasteiger partial charge on any atom is -0.487 e. The Morgan fingerprint density at radius 1 is 1.14 bits per heavy atom. The molecule has 102 valence electrons. The van der Waals surface area contributed by atoms with E-state index in [1.807, 2.05) is 30.3 Å². The summed E-state index contributed by atoms with van der Waals surface area (Å²) in [5.41, 5.74) is 8.54. The number of nitriles is 1. The Kier molecular flexibility index (Phi) is 3.40. The summed E-state index contributed by atoms with van der Waals surface area (Å²) < 4.78 is 5.76. The maximum atomic E-state index is 9.11. The molecule has 0 aliphatic heterocycles. The number of nitrogens with two attached hydrogens (primary N) is 1. The van der Waals surface area contributed by atoms with Crippen LogP contribution in [0.25, 0.3) is 10.9 Å². The van der Waals surface area contributed by atoms with Crippen LogP contribution in [-0.2, 0) is 6.61 Å². The Morgan fingerprint density at radius 2 is 2.00 bits per heavy atom. The monoisotopic (exact) mass is 275 g/mol. The summed E-state index contributed by atoms with van der Waals surface area (Å²) in [6.07, 6.45) is 1.76. The van der Waals surface area contributed by atoms with Crippen molar-refractivity contribution in [3.63, 3.8) is 0 Å². The quantitative estimate of drug-likeness (QED) is 0.745. The van der Waals surface area contributed by atoms with Crippen LogP contribution in [0.15, 0.2) is 54.7 Å². The van der Waals surface area contributed by atoms with Crippen molar-refractivity contribution in [1.82, 2.24) is 4.98 Å². The minimum absolute atomic E-state index is 0.354. The molecule has 0 radical (unpaired) electrons. The van der Waals surface area contributed by atoms with Gasteiger partial charge in [0, 0.05) is 22.8 Å². The number of hydrogen-bond donors (Lipinski definition) is 1. The average molecular weight is 275 g/mol. The highest BCUT2D eigenvalue weighted by atomic mass is 16.5. The molecule has 0 amide bonds. The van der Waals surface area contributed by atoms with Crippen LogP contribution in [0.1, 0.15) is 11.1 Å². The molecule has 3 aromatic rings. The zero-order chi connectivity index (χ0) is 14.7. The molecule has 0 unspecified atom stereocenters. The normalized spacial score (nSPS) is 10.2. The number of nitrogens with zero attached hydrogens (tertiary/aromatic N) is 2. The average Bonchev–Trinajstić information content (AvgIpc) is 2.53. The van der Waals surface area contributed by atoms with E-state index in [2.05, 4.69) is 11.1 Å². The molecule has 0 fully saturated rings. The van der Waals surface area contributed by atoms with Crippen LogP contribution in [0.3, 0.4) is 0 Å². The summed E-state index contributed by atoms with van der Waals surface area (Å²) in [7, 11) is 0. The number of hydrogen-bond acceptors (Lipinski definition) is 4. The summed E-state index contributed by atoms with van der Waals surface area (Å²) in [6, 6.07) is 17.0. The number of para-hydroxylation sites is 1. The van der Waals surface area contributed by atoms with Gasteiger partial charge in [0.05, 0.1) is 11.1 Å². The van der Waals surface area contributed by atoms with Gasteiger partial charge in [-0.1, -0.05) is 24.3 Å². The van der Waals surface area contributed by atoms with E-state index < -0.39 is 0 Å². The summed E-state index contributed by atoms with van der Waals surface area (Å²) in [5, 5.41) is 10.2. The Hall–Kier alpha value is -3.06. The molecule has 4 heteroatoms. The maximum Gasteiger partial charge on any atom is 0.137 e. The largest absolute Gasteiger partial charge is 0.487 e. The summed E-state index contributed by atoms with van der Waals surface area (Å²) in [6.45, 7) is 0.354. The topological polar surface area (TPSA) is 71.9 Å². The van der Waals surface area contributed by atoms with Crippen LogP contribution in [0.4, 0.5) is 5.69 Å². The third-order valence-corrected chi connectivity index (χ3v) is 3.22. The Labute approximate surface area is 122 Å². The van der Waals surface area contributed by atoms with E-state index in [0.29, 0.717) is 23.6 Å².